The Morgan fingerprint density at radius 2 is 1.14 bits per heavy atom. The molecule has 65 heavy (non-hydrogen) atoms. The quantitative estimate of drug-likeness (QED) is 0.152. The van der Waals surface area contributed by atoms with Crippen LogP contribution in [0.3, 0.4) is 0 Å². The van der Waals surface area contributed by atoms with Crippen molar-refractivity contribution in [1.29, 1.82) is 0 Å². The lowest BCUT2D eigenvalue weighted by Gasteiger charge is -2.14. The first-order valence-electron chi connectivity index (χ1n) is 21.5. The number of allylic oxidation sites excluding steroid dienone is 1. The van der Waals surface area contributed by atoms with Gasteiger partial charge in [0, 0.05) is 73.8 Å². The van der Waals surface area contributed by atoms with Gasteiger partial charge in [0.15, 0.2) is 5.82 Å². The number of thiophene rings is 2. The maximum Gasteiger partial charge on any atom is 0.160 e. The van der Waals surface area contributed by atoms with Gasteiger partial charge in [-0.15, -0.1) is 22.7 Å². The average Bonchev–Trinajstić information content (AvgIpc) is 4.03. The Balaban J connectivity index is 0.00000469. The second-order valence-corrected chi connectivity index (χ2v) is 18.2. The van der Waals surface area contributed by atoms with Crippen LogP contribution in [0.4, 0.5) is 0 Å². The Labute approximate surface area is 386 Å². The number of rotatable bonds is 8. The molecular weight excluding hydrogens is 827 g/mol. The molecule has 3 nitrogen and oxygen atoms in total. The van der Waals surface area contributed by atoms with E-state index in [4.69, 9.17) is 9.97 Å². The van der Waals surface area contributed by atoms with E-state index in [0.29, 0.717) is 5.82 Å². The average molecular weight is 870 g/mol. The van der Waals surface area contributed by atoms with E-state index in [1.54, 1.807) is 0 Å². The Bertz CT molecular complexity index is 3740. The van der Waals surface area contributed by atoms with Gasteiger partial charge in [0.05, 0.1) is 22.4 Å². The van der Waals surface area contributed by atoms with Gasteiger partial charge < -0.3 is 4.57 Å². The fourth-order valence-corrected chi connectivity index (χ4v) is 11.8. The van der Waals surface area contributed by atoms with E-state index in [9.17, 15) is 0 Å². The van der Waals surface area contributed by atoms with Crippen molar-refractivity contribution >= 4 is 86.9 Å². The van der Waals surface area contributed by atoms with E-state index in [0.717, 1.165) is 39.3 Å². The molecule has 4 aromatic heterocycles. The molecule has 0 aliphatic heterocycles. The van der Waals surface area contributed by atoms with Gasteiger partial charge in [0.25, 0.3) is 0 Å². The number of hydrogen-bond donors (Lipinski definition) is 0. The molecule has 0 aliphatic rings. The molecule has 0 aliphatic carbocycles. The lowest BCUT2D eigenvalue weighted by molar-refractivity contribution is 1.18. The Morgan fingerprint density at radius 3 is 1.85 bits per heavy atom. The molecule has 12 aromatic rings. The van der Waals surface area contributed by atoms with E-state index in [-0.39, 0.29) is 7.43 Å². The van der Waals surface area contributed by atoms with E-state index >= 15 is 0 Å². The first kappa shape index (κ1) is 40.1. The van der Waals surface area contributed by atoms with Crippen LogP contribution in [0.2, 0.25) is 0 Å². The molecule has 0 saturated heterocycles. The molecule has 12 rings (SSSR count). The Hall–Kier alpha value is -7.70. The number of fused-ring (bicyclic) bond motifs is 8. The summed E-state index contributed by atoms with van der Waals surface area (Å²) >= 11 is 3.68. The minimum absolute atomic E-state index is 0. The highest BCUT2D eigenvalue weighted by Crippen LogP contribution is 2.47. The summed E-state index contributed by atoms with van der Waals surface area (Å²) in [6.45, 7) is 6.31. The normalized spacial score (nSPS) is 11.6. The summed E-state index contributed by atoms with van der Waals surface area (Å²) in [5.41, 5.74) is 14.2. The fraction of sp³-hybridized carbons (Fsp3) is 0.0333. The van der Waals surface area contributed by atoms with Gasteiger partial charge in [-0.1, -0.05) is 178 Å². The molecule has 0 N–H and O–H groups in total. The van der Waals surface area contributed by atoms with Crippen LogP contribution in [0.25, 0.3) is 126 Å². The summed E-state index contributed by atoms with van der Waals surface area (Å²) in [6, 6.07) is 67.6. The third-order valence-electron chi connectivity index (χ3n) is 12.3. The van der Waals surface area contributed by atoms with Crippen molar-refractivity contribution in [2.24, 2.45) is 0 Å². The molecule has 0 amide bonds. The van der Waals surface area contributed by atoms with Crippen LogP contribution in [-0.4, -0.2) is 14.5 Å². The number of nitrogens with zero attached hydrogens (tertiary/aromatic N) is 3. The molecule has 0 spiro atoms. The first-order chi connectivity index (χ1) is 31.6. The zero-order valence-electron chi connectivity index (χ0n) is 35.0. The lowest BCUT2D eigenvalue weighted by atomic mass is 9.99. The minimum atomic E-state index is 0. The van der Waals surface area contributed by atoms with Crippen LogP contribution < -0.4 is 0 Å². The highest BCUT2D eigenvalue weighted by atomic mass is 32.1. The molecule has 0 fully saturated rings. The van der Waals surface area contributed by atoms with Crippen LogP contribution in [0.5, 0.6) is 0 Å². The monoisotopic (exact) mass is 869 g/mol. The SMILES string of the molecule is C.C=Cc1sc2c(ccc3c2c2ccc(-c4ccccc4)cc2n3-c2cc(-c3cccc(-c4nc(-c5ccccc5)cc(-c5ccccc5)n4)c3)c3sc4ccccc4c3c2)c1/C=C\C. The van der Waals surface area contributed by atoms with Crippen LogP contribution in [0.15, 0.2) is 201 Å². The molecular formula is C60H43N3S2. The second kappa shape index (κ2) is 16.5. The summed E-state index contributed by atoms with van der Waals surface area (Å²) in [6.07, 6.45) is 6.34. The Morgan fingerprint density at radius 1 is 0.492 bits per heavy atom. The summed E-state index contributed by atoms with van der Waals surface area (Å²) in [7, 11) is 0. The standard InChI is InChI=1S/C59H39N3S2.CH4/c1-3-17-44-46-30-31-52-56(58(46)63-54(44)4-2)47-29-28-40(37-18-8-5-9-19-37)33-53(47)62(52)43-34-48(57-49(35-43)45-26-14-15-27-55(45)64-57)41-24-16-25-42(32-41)59-60-50(38-20-10-6-11-21-38)36-51(61-59)39-22-12-7-13-23-39;/h3-36H,2H2,1H3;1H4/b17-3-;. The minimum Gasteiger partial charge on any atom is -0.309 e. The molecule has 0 atom stereocenters. The van der Waals surface area contributed by atoms with Crippen molar-refractivity contribution in [2.45, 2.75) is 14.4 Å². The molecule has 8 aromatic carbocycles. The van der Waals surface area contributed by atoms with Gasteiger partial charge in [0.2, 0.25) is 0 Å². The summed E-state index contributed by atoms with van der Waals surface area (Å²) in [4.78, 5) is 11.6. The van der Waals surface area contributed by atoms with Crippen molar-refractivity contribution < 1.29 is 0 Å². The summed E-state index contributed by atoms with van der Waals surface area (Å²) in [5, 5.41) is 6.24. The van der Waals surface area contributed by atoms with Crippen molar-refractivity contribution in [3.05, 3.63) is 211 Å². The van der Waals surface area contributed by atoms with E-state index < -0.39 is 0 Å². The third kappa shape index (κ3) is 6.80. The van der Waals surface area contributed by atoms with Crippen molar-refractivity contribution in [3.63, 3.8) is 0 Å². The maximum atomic E-state index is 5.22. The zero-order valence-corrected chi connectivity index (χ0v) is 36.6. The molecule has 0 radical (unpaired) electrons. The lowest BCUT2D eigenvalue weighted by Crippen LogP contribution is -1.97. The highest BCUT2D eigenvalue weighted by molar-refractivity contribution is 7.26. The summed E-state index contributed by atoms with van der Waals surface area (Å²) in [5.74, 6) is 0.692. The maximum absolute atomic E-state index is 5.22. The smallest absolute Gasteiger partial charge is 0.160 e. The molecule has 0 saturated carbocycles. The van der Waals surface area contributed by atoms with Gasteiger partial charge in [-0.3, -0.25) is 0 Å². The molecule has 0 unspecified atom stereocenters. The summed E-state index contributed by atoms with van der Waals surface area (Å²) < 4.78 is 6.29. The van der Waals surface area contributed by atoms with Gasteiger partial charge in [-0.05, 0) is 71.6 Å². The van der Waals surface area contributed by atoms with E-state index in [1.807, 2.05) is 40.9 Å². The van der Waals surface area contributed by atoms with Crippen molar-refractivity contribution in [2.75, 3.05) is 0 Å². The van der Waals surface area contributed by atoms with Gasteiger partial charge >= 0.3 is 0 Å². The van der Waals surface area contributed by atoms with E-state index in [1.165, 1.54) is 79.2 Å². The largest absolute Gasteiger partial charge is 0.309 e. The van der Waals surface area contributed by atoms with Crippen LogP contribution in [0, 0.1) is 0 Å². The molecule has 5 heteroatoms. The number of benzene rings is 8. The fourth-order valence-electron chi connectivity index (χ4n) is 9.34. The van der Waals surface area contributed by atoms with E-state index in [2.05, 4.69) is 206 Å². The third-order valence-corrected chi connectivity index (χ3v) is 14.8. The Kier molecular flexibility index (Phi) is 10.1. The van der Waals surface area contributed by atoms with Crippen molar-refractivity contribution in [3.8, 4) is 61.8 Å². The highest BCUT2D eigenvalue weighted by Gasteiger charge is 2.22. The van der Waals surface area contributed by atoms with Gasteiger partial charge in [-0.25, -0.2) is 9.97 Å². The molecule has 4 heterocycles. The zero-order chi connectivity index (χ0) is 42.7. The van der Waals surface area contributed by atoms with Gasteiger partial charge in [-0.2, -0.15) is 0 Å². The van der Waals surface area contributed by atoms with Crippen LogP contribution in [0.1, 0.15) is 24.8 Å². The predicted molar refractivity (Wildman–Crippen MR) is 283 cm³/mol. The van der Waals surface area contributed by atoms with Crippen LogP contribution >= 0.6 is 22.7 Å². The molecule has 310 valence electrons. The van der Waals surface area contributed by atoms with Crippen LogP contribution in [-0.2, 0) is 0 Å². The predicted octanol–water partition coefficient (Wildman–Crippen LogP) is 17.8. The number of hydrogen-bond acceptors (Lipinski definition) is 4. The molecule has 0 bridgehead atoms. The van der Waals surface area contributed by atoms with Crippen molar-refractivity contribution in [1.82, 2.24) is 14.5 Å². The second-order valence-electron chi connectivity index (χ2n) is 16.1. The topological polar surface area (TPSA) is 30.7 Å². The number of aromatic nitrogens is 3. The van der Waals surface area contributed by atoms with Gasteiger partial charge in [0.1, 0.15) is 0 Å². The first-order valence-corrected chi connectivity index (χ1v) is 23.2.